The van der Waals surface area contributed by atoms with Crippen molar-refractivity contribution in [3.05, 3.63) is 29.8 Å². The van der Waals surface area contributed by atoms with Crippen LogP contribution in [0.3, 0.4) is 0 Å². The molecule has 0 saturated heterocycles. The second kappa shape index (κ2) is 6.00. The van der Waals surface area contributed by atoms with Gasteiger partial charge in [-0.25, -0.2) is 0 Å². The Kier molecular flexibility index (Phi) is 4.66. The molecule has 5 nitrogen and oxygen atoms in total. The molecule has 0 spiro atoms. The van der Waals surface area contributed by atoms with Crippen LogP contribution in [0.25, 0.3) is 0 Å². The first-order chi connectivity index (χ1) is 8.02. The van der Waals surface area contributed by atoms with Crippen molar-refractivity contribution < 1.29 is 14.7 Å². The van der Waals surface area contributed by atoms with Crippen LogP contribution in [0, 0.1) is 0 Å². The number of rotatable bonds is 4. The maximum atomic E-state index is 11.6. The number of nitrogens with zero attached hydrogens (tertiary/aromatic N) is 1. The highest BCUT2D eigenvalue weighted by molar-refractivity contribution is 5.94. The average molecular weight is 236 g/mol. The average Bonchev–Trinajstić information content (AvgIpc) is 2.28. The largest absolute Gasteiger partial charge is 0.392 e. The molecule has 2 N–H and O–H groups in total. The molecule has 0 aliphatic heterocycles. The SMILES string of the molecule is CC(=O)N(C)CC(=O)Nc1cccc(CO)c1. The van der Waals surface area contributed by atoms with E-state index < -0.39 is 0 Å². The first kappa shape index (κ1) is 13.2. The van der Waals surface area contributed by atoms with E-state index in [1.807, 2.05) is 0 Å². The minimum absolute atomic E-state index is 0.0126. The van der Waals surface area contributed by atoms with Gasteiger partial charge < -0.3 is 15.3 Å². The van der Waals surface area contributed by atoms with Crippen molar-refractivity contribution in [2.75, 3.05) is 18.9 Å². The van der Waals surface area contributed by atoms with Crippen LogP contribution in [-0.2, 0) is 16.2 Å². The van der Waals surface area contributed by atoms with Crippen LogP contribution in [0.5, 0.6) is 0 Å². The number of carbonyl (C=O) groups excluding carboxylic acids is 2. The third-order valence-corrected chi connectivity index (χ3v) is 2.31. The summed E-state index contributed by atoms with van der Waals surface area (Å²) >= 11 is 0. The van der Waals surface area contributed by atoms with Crippen LogP contribution < -0.4 is 5.32 Å². The van der Waals surface area contributed by atoms with Gasteiger partial charge in [0.05, 0.1) is 13.2 Å². The van der Waals surface area contributed by atoms with Gasteiger partial charge >= 0.3 is 0 Å². The van der Waals surface area contributed by atoms with Gasteiger partial charge in [0.15, 0.2) is 0 Å². The summed E-state index contributed by atoms with van der Waals surface area (Å²) in [6.45, 7) is 1.34. The molecular formula is C12H16N2O3. The lowest BCUT2D eigenvalue weighted by atomic mass is 10.2. The summed E-state index contributed by atoms with van der Waals surface area (Å²) in [7, 11) is 1.56. The minimum Gasteiger partial charge on any atom is -0.392 e. The Morgan fingerprint density at radius 2 is 2.12 bits per heavy atom. The fraction of sp³-hybridized carbons (Fsp3) is 0.333. The predicted octanol–water partition coefficient (Wildman–Crippen LogP) is 0.596. The van der Waals surface area contributed by atoms with E-state index in [1.165, 1.54) is 11.8 Å². The van der Waals surface area contributed by atoms with Crippen molar-refractivity contribution in [3.8, 4) is 0 Å². The summed E-state index contributed by atoms with van der Waals surface area (Å²) in [5.41, 5.74) is 1.33. The summed E-state index contributed by atoms with van der Waals surface area (Å²) < 4.78 is 0. The van der Waals surface area contributed by atoms with Gasteiger partial charge in [-0.15, -0.1) is 0 Å². The summed E-state index contributed by atoms with van der Waals surface area (Å²) in [5.74, 6) is -0.429. The second-order valence-corrected chi connectivity index (χ2v) is 3.78. The lowest BCUT2D eigenvalue weighted by molar-refractivity contribution is -0.131. The molecule has 1 aromatic carbocycles. The van der Waals surface area contributed by atoms with E-state index in [1.54, 1.807) is 31.3 Å². The normalized spacial score (nSPS) is 9.82. The molecule has 5 heteroatoms. The molecule has 0 aliphatic rings. The molecule has 0 aromatic heterocycles. The van der Waals surface area contributed by atoms with E-state index in [0.717, 1.165) is 5.56 Å². The monoisotopic (exact) mass is 236 g/mol. The Morgan fingerprint density at radius 3 is 2.71 bits per heavy atom. The van der Waals surface area contributed by atoms with E-state index in [0.29, 0.717) is 5.69 Å². The molecule has 1 aromatic rings. The lowest BCUT2D eigenvalue weighted by Crippen LogP contribution is -2.33. The maximum Gasteiger partial charge on any atom is 0.243 e. The summed E-state index contributed by atoms with van der Waals surface area (Å²) in [4.78, 5) is 23.8. The van der Waals surface area contributed by atoms with E-state index >= 15 is 0 Å². The van der Waals surface area contributed by atoms with Gasteiger partial charge in [-0.3, -0.25) is 9.59 Å². The maximum absolute atomic E-state index is 11.6. The van der Waals surface area contributed by atoms with Gasteiger partial charge in [0.1, 0.15) is 0 Å². The van der Waals surface area contributed by atoms with Crippen molar-refractivity contribution in [1.82, 2.24) is 4.90 Å². The van der Waals surface area contributed by atoms with Crippen molar-refractivity contribution in [2.24, 2.45) is 0 Å². The van der Waals surface area contributed by atoms with E-state index in [9.17, 15) is 9.59 Å². The Bertz CT molecular complexity index is 418. The zero-order valence-electron chi connectivity index (χ0n) is 9.93. The van der Waals surface area contributed by atoms with Gasteiger partial charge in [0.25, 0.3) is 0 Å². The third kappa shape index (κ3) is 4.24. The molecule has 0 heterocycles. The topological polar surface area (TPSA) is 69.6 Å². The van der Waals surface area contributed by atoms with Gasteiger partial charge in [0.2, 0.25) is 11.8 Å². The van der Waals surface area contributed by atoms with E-state index in [-0.39, 0.29) is 25.0 Å². The quantitative estimate of drug-likeness (QED) is 0.804. The smallest absolute Gasteiger partial charge is 0.243 e. The number of amides is 2. The first-order valence-corrected chi connectivity index (χ1v) is 5.24. The van der Waals surface area contributed by atoms with Crippen molar-refractivity contribution in [1.29, 1.82) is 0 Å². The number of benzene rings is 1. The van der Waals surface area contributed by atoms with Crippen LogP contribution in [0.15, 0.2) is 24.3 Å². The number of hydrogen-bond donors (Lipinski definition) is 2. The molecule has 0 bridgehead atoms. The van der Waals surface area contributed by atoms with Gasteiger partial charge in [-0.05, 0) is 17.7 Å². The molecule has 0 saturated carbocycles. The van der Waals surface area contributed by atoms with Crippen molar-refractivity contribution in [3.63, 3.8) is 0 Å². The van der Waals surface area contributed by atoms with Gasteiger partial charge in [-0.1, -0.05) is 12.1 Å². The molecule has 0 atom stereocenters. The highest BCUT2D eigenvalue weighted by Gasteiger charge is 2.08. The van der Waals surface area contributed by atoms with Crippen LogP contribution in [0.4, 0.5) is 5.69 Å². The number of likely N-dealkylation sites (N-methyl/N-ethyl adjacent to an activating group) is 1. The number of nitrogens with one attached hydrogen (secondary N) is 1. The van der Waals surface area contributed by atoms with Gasteiger partial charge in [0, 0.05) is 19.7 Å². The minimum atomic E-state index is -0.266. The highest BCUT2D eigenvalue weighted by Crippen LogP contribution is 2.10. The number of aliphatic hydroxyl groups excluding tert-OH is 1. The molecule has 0 aliphatic carbocycles. The Labute approximate surface area is 100 Å². The summed E-state index contributed by atoms with van der Waals surface area (Å²) in [6.07, 6.45) is 0. The number of hydrogen-bond acceptors (Lipinski definition) is 3. The van der Waals surface area contributed by atoms with E-state index in [4.69, 9.17) is 5.11 Å². The molecule has 0 fully saturated rings. The number of anilines is 1. The van der Waals surface area contributed by atoms with Crippen LogP contribution in [0.2, 0.25) is 0 Å². The van der Waals surface area contributed by atoms with Crippen LogP contribution in [0.1, 0.15) is 12.5 Å². The molecule has 1 rings (SSSR count). The Morgan fingerprint density at radius 1 is 1.41 bits per heavy atom. The summed E-state index contributed by atoms with van der Waals surface area (Å²) in [6, 6.07) is 6.92. The number of aliphatic hydroxyl groups is 1. The fourth-order valence-electron chi connectivity index (χ4n) is 1.27. The zero-order chi connectivity index (χ0) is 12.8. The predicted molar refractivity (Wildman–Crippen MR) is 64.3 cm³/mol. The van der Waals surface area contributed by atoms with Gasteiger partial charge in [-0.2, -0.15) is 0 Å². The standard InChI is InChI=1S/C12H16N2O3/c1-9(16)14(2)7-12(17)13-11-5-3-4-10(6-11)8-15/h3-6,15H,7-8H2,1-2H3,(H,13,17). The lowest BCUT2D eigenvalue weighted by Gasteiger charge is -2.14. The van der Waals surface area contributed by atoms with Crippen molar-refractivity contribution >= 4 is 17.5 Å². The molecule has 0 radical (unpaired) electrons. The summed E-state index contributed by atoms with van der Waals surface area (Å²) in [5, 5.41) is 11.6. The van der Waals surface area contributed by atoms with Crippen LogP contribution in [-0.4, -0.2) is 35.4 Å². The second-order valence-electron chi connectivity index (χ2n) is 3.78. The van der Waals surface area contributed by atoms with Crippen molar-refractivity contribution in [2.45, 2.75) is 13.5 Å². The zero-order valence-corrected chi connectivity index (χ0v) is 9.93. The molecule has 2 amide bonds. The first-order valence-electron chi connectivity index (χ1n) is 5.24. The molecule has 0 unspecified atom stereocenters. The molecule has 17 heavy (non-hydrogen) atoms. The molecule has 92 valence electrons. The highest BCUT2D eigenvalue weighted by atomic mass is 16.3. The number of carbonyl (C=O) groups is 2. The Balaban J connectivity index is 2.58. The van der Waals surface area contributed by atoms with Crippen LogP contribution >= 0.6 is 0 Å². The fourth-order valence-corrected chi connectivity index (χ4v) is 1.27. The Hall–Kier alpha value is -1.88. The third-order valence-electron chi connectivity index (χ3n) is 2.31. The molecular weight excluding hydrogens is 220 g/mol. The van der Waals surface area contributed by atoms with E-state index in [2.05, 4.69) is 5.32 Å².